The molecule has 1 N–H and O–H groups in total. The first-order valence-corrected chi connectivity index (χ1v) is 8.24. The highest BCUT2D eigenvalue weighted by Gasteiger charge is 2.28. The van der Waals surface area contributed by atoms with E-state index < -0.39 is 0 Å². The summed E-state index contributed by atoms with van der Waals surface area (Å²) in [6.45, 7) is 0. The van der Waals surface area contributed by atoms with Crippen molar-refractivity contribution >= 4 is 22.4 Å². The third-order valence-corrected chi connectivity index (χ3v) is 4.80. The van der Waals surface area contributed by atoms with Crippen LogP contribution in [0.4, 0.5) is 5.69 Å². The van der Waals surface area contributed by atoms with Crippen molar-refractivity contribution in [2.24, 2.45) is 0 Å². The van der Waals surface area contributed by atoms with E-state index in [0.29, 0.717) is 17.9 Å². The summed E-state index contributed by atoms with van der Waals surface area (Å²) >= 11 is 0. The Morgan fingerprint density at radius 2 is 1.76 bits per heavy atom. The van der Waals surface area contributed by atoms with E-state index in [2.05, 4.69) is 23.5 Å². The fraction of sp³-hybridized carbons (Fsp3) is 0.190. The number of nitrogens with one attached hydrogen (secondary N) is 1. The number of ether oxygens (including phenoxy) is 2. The lowest BCUT2D eigenvalue weighted by molar-refractivity contribution is -0.116. The number of fused-ring (bicyclic) bond motifs is 3. The highest BCUT2D eigenvalue weighted by Crippen LogP contribution is 2.42. The van der Waals surface area contributed by atoms with Crippen LogP contribution in [0.2, 0.25) is 0 Å². The molecule has 3 aromatic rings. The van der Waals surface area contributed by atoms with Crippen LogP contribution in [-0.2, 0) is 4.79 Å². The number of amides is 1. The minimum absolute atomic E-state index is 0.00633. The molecule has 1 heterocycles. The Balaban J connectivity index is 1.88. The molecular formula is C21H19NO3. The summed E-state index contributed by atoms with van der Waals surface area (Å²) in [6, 6.07) is 18.2. The Bertz CT molecular complexity index is 965. The van der Waals surface area contributed by atoms with E-state index in [1.54, 1.807) is 14.2 Å². The highest BCUT2D eigenvalue weighted by atomic mass is 16.5. The molecule has 0 aromatic heterocycles. The lowest BCUT2D eigenvalue weighted by Crippen LogP contribution is -2.23. The van der Waals surface area contributed by atoms with Crippen LogP contribution in [0.25, 0.3) is 10.8 Å². The third-order valence-electron chi connectivity index (χ3n) is 4.80. The molecule has 0 radical (unpaired) electrons. The number of carbonyl (C=O) groups excluding carboxylic acids is 1. The summed E-state index contributed by atoms with van der Waals surface area (Å²) < 4.78 is 10.7. The molecule has 1 aliphatic heterocycles. The number of carbonyl (C=O) groups is 1. The smallest absolute Gasteiger partial charge is 0.225 e. The molecule has 4 heteroatoms. The molecule has 25 heavy (non-hydrogen) atoms. The second-order valence-corrected chi connectivity index (χ2v) is 6.17. The van der Waals surface area contributed by atoms with E-state index in [9.17, 15) is 4.79 Å². The maximum absolute atomic E-state index is 12.4. The first-order valence-electron chi connectivity index (χ1n) is 8.24. The van der Waals surface area contributed by atoms with Gasteiger partial charge in [0.1, 0.15) is 0 Å². The fourth-order valence-corrected chi connectivity index (χ4v) is 3.57. The minimum atomic E-state index is -0.00633. The predicted molar refractivity (Wildman–Crippen MR) is 98.6 cm³/mol. The molecule has 0 bridgehead atoms. The van der Waals surface area contributed by atoms with E-state index in [0.717, 1.165) is 27.6 Å². The monoisotopic (exact) mass is 333 g/mol. The van der Waals surface area contributed by atoms with Crippen molar-refractivity contribution in [2.75, 3.05) is 19.5 Å². The van der Waals surface area contributed by atoms with Crippen LogP contribution in [0.1, 0.15) is 23.5 Å². The second-order valence-electron chi connectivity index (χ2n) is 6.17. The van der Waals surface area contributed by atoms with Crippen LogP contribution >= 0.6 is 0 Å². The summed E-state index contributed by atoms with van der Waals surface area (Å²) in [5.74, 6) is 1.38. The van der Waals surface area contributed by atoms with Gasteiger partial charge in [-0.1, -0.05) is 42.5 Å². The van der Waals surface area contributed by atoms with E-state index in [1.807, 2.05) is 36.4 Å². The number of hydrogen-bond acceptors (Lipinski definition) is 3. The van der Waals surface area contributed by atoms with Crippen LogP contribution in [-0.4, -0.2) is 20.1 Å². The lowest BCUT2D eigenvalue weighted by Gasteiger charge is -2.27. The van der Waals surface area contributed by atoms with Crippen LogP contribution in [0.5, 0.6) is 11.5 Å². The third kappa shape index (κ3) is 2.60. The maximum atomic E-state index is 12.4. The summed E-state index contributed by atoms with van der Waals surface area (Å²) in [6.07, 6.45) is 0.417. The molecule has 126 valence electrons. The summed E-state index contributed by atoms with van der Waals surface area (Å²) in [5.41, 5.74) is 3.09. The van der Waals surface area contributed by atoms with Crippen molar-refractivity contribution in [1.29, 1.82) is 0 Å². The Morgan fingerprint density at radius 3 is 2.56 bits per heavy atom. The predicted octanol–water partition coefficient (Wildman–Crippen LogP) is 4.33. The van der Waals surface area contributed by atoms with Crippen LogP contribution < -0.4 is 14.8 Å². The van der Waals surface area contributed by atoms with Gasteiger partial charge in [-0.2, -0.15) is 0 Å². The molecule has 1 aliphatic rings. The van der Waals surface area contributed by atoms with Crippen molar-refractivity contribution in [1.82, 2.24) is 0 Å². The van der Waals surface area contributed by atoms with E-state index in [1.165, 1.54) is 0 Å². The topological polar surface area (TPSA) is 47.6 Å². The zero-order valence-corrected chi connectivity index (χ0v) is 14.2. The molecule has 1 atom stereocenters. The quantitative estimate of drug-likeness (QED) is 0.776. The van der Waals surface area contributed by atoms with Crippen LogP contribution in [0.3, 0.4) is 0 Å². The van der Waals surface area contributed by atoms with Crippen molar-refractivity contribution < 1.29 is 14.3 Å². The van der Waals surface area contributed by atoms with Gasteiger partial charge in [0.15, 0.2) is 11.5 Å². The summed E-state index contributed by atoms with van der Waals surface area (Å²) in [5, 5.41) is 5.25. The van der Waals surface area contributed by atoms with Gasteiger partial charge in [-0.05, 0) is 28.6 Å². The average Bonchev–Trinajstić information content (AvgIpc) is 2.66. The van der Waals surface area contributed by atoms with Crippen molar-refractivity contribution in [3.05, 3.63) is 65.7 Å². The number of rotatable bonds is 3. The van der Waals surface area contributed by atoms with Crippen molar-refractivity contribution in [2.45, 2.75) is 12.3 Å². The zero-order valence-electron chi connectivity index (χ0n) is 14.2. The zero-order chi connectivity index (χ0) is 17.4. The average molecular weight is 333 g/mol. The normalized spacial score (nSPS) is 16.2. The molecule has 0 aliphatic carbocycles. The molecule has 0 saturated heterocycles. The Morgan fingerprint density at radius 1 is 0.960 bits per heavy atom. The minimum Gasteiger partial charge on any atom is -0.493 e. The first kappa shape index (κ1) is 15.5. The van der Waals surface area contributed by atoms with Crippen molar-refractivity contribution in [3.63, 3.8) is 0 Å². The number of benzene rings is 3. The molecule has 4 rings (SSSR count). The van der Waals surface area contributed by atoms with Gasteiger partial charge in [-0.3, -0.25) is 4.79 Å². The second kappa shape index (κ2) is 6.13. The lowest BCUT2D eigenvalue weighted by atomic mass is 9.83. The van der Waals surface area contributed by atoms with Gasteiger partial charge in [-0.25, -0.2) is 0 Å². The van der Waals surface area contributed by atoms with E-state index in [-0.39, 0.29) is 11.8 Å². The van der Waals surface area contributed by atoms with Crippen molar-refractivity contribution in [3.8, 4) is 11.5 Å². The molecule has 0 unspecified atom stereocenters. The maximum Gasteiger partial charge on any atom is 0.225 e. The first-order chi connectivity index (χ1) is 12.2. The van der Waals surface area contributed by atoms with Gasteiger partial charge in [0, 0.05) is 17.7 Å². The Kier molecular flexibility index (Phi) is 3.80. The fourth-order valence-electron chi connectivity index (χ4n) is 3.57. The number of anilines is 1. The highest BCUT2D eigenvalue weighted by molar-refractivity contribution is 6.06. The molecular weight excluding hydrogens is 314 g/mol. The van der Waals surface area contributed by atoms with Crippen LogP contribution in [0, 0.1) is 0 Å². The summed E-state index contributed by atoms with van der Waals surface area (Å²) in [4.78, 5) is 12.4. The largest absolute Gasteiger partial charge is 0.493 e. The molecule has 3 aromatic carbocycles. The SMILES string of the molecule is COc1ccc([C@@H]2CC(=O)Nc3c2ccc2ccccc32)cc1OC. The molecule has 4 nitrogen and oxygen atoms in total. The van der Waals surface area contributed by atoms with E-state index >= 15 is 0 Å². The Hall–Kier alpha value is -3.01. The standard InChI is InChI=1S/C21H19NO3/c1-24-18-10-8-14(11-19(18)25-2)17-12-20(23)22-21-15-6-4-3-5-13(15)7-9-16(17)21/h3-11,17H,12H2,1-2H3,(H,22,23)/t17-/m0/s1. The molecule has 0 spiro atoms. The van der Waals surface area contributed by atoms with E-state index in [4.69, 9.17) is 9.47 Å². The van der Waals surface area contributed by atoms with Gasteiger partial charge in [-0.15, -0.1) is 0 Å². The van der Waals surface area contributed by atoms with Gasteiger partial charge >= 0.3 is 0 Å². The Labute approximate surface area is 146 Å². The van der Waals surface area contributed by atoms with Gasteiger partial charge in [0.25, 0.3) is 0 Å². The number of methoxy groups -OCH3 is 2. The molecule has 0 fully saturated rings. The molecule has 1 amide bonds. The van der Waals surface area contributed by atoms with Gasteiger partial charge < -0.3 is 14.8 Å². The molecule has 0 saturated carbocycles. The van der Waals surface area contributed by atoms with Gasteiger partial charge in [0.2, 0.25) is 5.91 Å². The number of hydrogen-bond donors (Lipinski definition) is 1. The summed E-state index contributed by atoms with van der Waals surface area (Å²) in [7, 11) is 3.24. The van der Waals surface area contributed by atoms with Crippen LogP contribution in [0.15, 0.2) is 54.6 Å². The van der Waals surface area contributed by atoms with Gasteiger partial charge in [0.05, 0.1) is 19.9 Å².